The predicted molar refractivity (Wildman–Crippen MR) is 103 cm³/mol. The van der Waals surface area contributed by atoms with Crippen LogP contribution in [0.1, 0.15) is 78.6 Å². The highest BCUT2D eigenvalue weighted by Crippen LogP contribution is 2.67. The van der Waals surface area contributed by atoms with Crippen LogP contribution in [0, 0.1) is 40.4 Å². The lowest BCUT2D eigenvalue weighted by molar-refractivity contribution is -0.130. The van der Waals surface area contributed by atoms with Crippen LogP contribution in [0.3, 0.4) is 0 Å². The summed E-state index contributed by atoms with van der Waals surface area (Å²) >= 11 is 0. The van der Waals surface area contributed by atoms with Gasteiger partial charge in [-0.1, -0.05) is 13.8 Å². The van der Waals surface area contributed by atoms with Crippen LogP contribution in [-0.2, 0) is 14.6 Å². The van der Waals surface area contributed by atoms with Crippen molar-refractivity contribution in [2.24, 2.45) is 40.4 Å². The molecule has 0 spiro atoms. The van der Waals surface area contributed by atoms with Gasteiger partial charge in [-0.05, 0) is 105 Å². The highest BCUT2D eigenvalue weighted by atomic mass is 32.3. The highest BCUT2D eigenvalue weighted by Gasteiger charge is 2.60. The standard InChI is InChI=1S/C21H36O5S/c1-13(22)17-6-7-18-16-5-4-14-12-15(26-27(23,24)25)8-10-20(14,2)19(16)9-11-21(17,18)3/h13-19,22H,4-12H2,1-3H3,(H,23,24,25)/t13-,14-,15-,16?,17+,18?,19?,20-,21+/m0/s1. The fourth-order valence-electron chi connectivity index (χ4n) is 8.31. The summed E-state index contributed by atoms with van der Waals surface area (Å²) in [4.78, 5) is 0. The zero-order valence-electron chi connectivity index (χ0n) is 16.9. The summed E-state index contributed by atoms with van der Waals surface area (Å²) in [5.74, 6) is 3.09. The molecule has 4 aliphatic rings. The van der Waals surface area contributed by atoms with E-state index < -0.39 is 10.4 Å². The Labute approximate surface area is 164 Å². The lowest BCUT2D eigenvalue weighted by atomic mass is 9.44. The molecule has 27 heavy (non-hydrogen) atoms. The van der Waals surface area contributed by atoms with Gasteiger partial charge in [0.15, 0.2) is 0 Å². The number of fused-ring (bicyclic) bond motifs is 5. The van der Waals surface area contributed by atoms with Crippen LogP contribution in [0.2, 0.25) is 0 Å². The van der Waals surface area contributed by atoms with Crippen molar-refractivity contribution in [3.8, 4) is 0 Å². The van der Waals surface area contributed by atoms with Crippen molar-refractivity contribution in [2.45, 2.75) is 90.8 Å². The van der Waals surface area contributed by atoms with Crippen LogP contribution >= 0.6 is 0 Å². The van der Waals surface area contributed by atoms with Gasteiger partial charge in [0.2, 0.25) is 0 Å². The van der Waals surface area contributed by atoms with Gasteiger partial charge in [-0.2, -0.15) is 8.42 Å². The quantitative estimate of drug-likeness (QED) is 0.693. The van der Waals surface area contributed by atoms with Gasteiger partial charge >= 0.3 is 10.4 Å². The van der Waals surface area contributed by atoms with Gasteiger partial charge in [0, 0.05) is 0 Å². The molecule has 3 unspecified atom stereocenters. The number of aliphatic hydroxyl groups excluding tert-OH is 1. The Morgan fingerprint density at radius 2 is 1.63 bits per heavy atom. The molecule has 0 amide bonds. The van der Waals surface area contributed by atoms with Crippen molar-refractivity contribution < 1.29 is 22.3 Å². The molecule has 0 aromatic carbocycles. The zero-order valence-corrected chi connectivity index (χ0v) is 17.7. The molecule has 4 fully saturated rings. The molecule has 4 aliphatic carbocycles. The van der Waals surface area contributed by atoms with E-state index >= 15 is 0 Å². The molecule has 0 heterocycles. The molecule has 0 radical (unpaired) electrons. The van der Waals surface area contributed by atoms with E-state index in [9.17, 15) is 13.5 Å². The Hall–Kier alpha value is -0.170. The fourth-order valence-corrected chi connectivity index (χ4v) is 8.83. The lowest BCUT2D eigenvalue weighted by Crippen LogP contribution is -2.54. The summed E-state index contributed by atoms with van der Waals surface area (Å²) in [5.41, 5.74) is 0.538. The fraction of sp³-hybridized carbons (Fsp3) is 1.00. The third-order valence-corrected chi connectivity index (χ3v) is 10.0. The molecule has 4 rings (SSSR count). The van der Waals surface area contributed by atoms with E-state index in [1.165, 1.54) is 25.7 Å². The Kier molecular flexibility index (Phi) is 4.98. The Morgan fingerprint density at radius 3 is 2.30 bits per heavy atom. The first-order valence-corrected chi connectivity index (χ1v) is 12.2. The van der Waals surface area contributed by atoms with Crippen molar-refractivity contribution in [3.63, 3.8) is 0 Å². The maximum atomic E-state index is 11.1. The van der Waals surface area contributed by atoms with Crippen LogP contribution in [0.5, 0.6) is 0 Å². The number of rotatable bonds is 3. The monoisotopic (exact) mass is 400 g/mol. The minimum absolute atomic E-state index is 0.212. The summed E-state index contributed by atoms with van der Waals surface area (Å²) in [6.45, 7) is 6.84. The molecule has 9 atom stereocenters. The normalized spacial score (nSPS) is 51.1. The molecule has 0 aromatic heterocycles. The summed E-state index contributed by atoms with van der Waals surface area (Å²) in [5, 5.41) is 10.3. The van der Waals surface area contributed by atoms with Gasteiger partial charge in [0.1, 0.15) is 0 Å². The van der Waals surface area contributed by atoms with Crippen molar-refractivity contribution in [1.82, 2.24) is 0 Å². The van der Waals surface area contributed by atoms with Gasteiger partial charge < -0.3 is 5.11 Å². The first-order chi connectivity index (χ1) is 12.5. The maximum absolute atomic E-state index is 11.1. The van der Waals surface area contributed by atoms with Crippen molar-refractivity contribution in [3.05, 3.63) is 0 Å². The average molecular weight is 401 g/mol. The second-order valence-electron chi connectivity index (χ2n) is 10.5. The second-order valence-corrected chi connectivity index (χ2v) is 11.6. The van der Waals surface area contributed by atoms with Gasteiger partial charge in [-0.25, -0.2) is 4.18 Å². The molecule has 0 aliphatic heterocycles. The van der Waals surface area contributed by atoms with Crippen molar-refractivity contribution in [2.75, 3.05) is 0 Å². The molecule has 2 N–H and O–H groups in total. The molecule has 5 nitrogen and oxygen atoms in total. The van der Waals surface area contributed by atoms with E-state index in [2.05, 4.69) is 13.8 Å². The molecule has 4 saturated carbocycles. The minimum Gasteiger partial charge on any atom is -0.393 e. The third kappa shape index (κ3) is 3.28. The largest absolute Gasteiger partial charge is 0.397 e. The maximum Gasteiger partial charge on any atom is 0.397 e. The van der Waals surface area contributed by atoms with Crippen LogP contribution < -0.4 is 0 Å². The summed E-state index contributed by atoms with van der Waals surface area (Å²) in [6, 6.07) is 0. The smallest absolute Gasteiger partial charge is 0.393 e. The topological polar surface area (TPSA) is 83.8 Å². The first kappa shape index (κ1) is 20.1. The Bertz CT molecular complexity index is 676. The van der Waals surface area contributed by atoms with E-state index in [0.717, 1.165) is 37.5 Å². The van der Waals surface area contributed by atoms with Crippen LogP contribution in [0.4, 0.5) is 0 Å². The van der Waals surface area contributed by atoms with Crippen LogP contribution in [0.15, 0.2) is 0 Å². The van der Waals surface area contributed by atoms with E-state index in [1.807, 2.05) is 6.92 Å². The summed E-state index contributed by atoms with van der Waals surface area (Å²) < 4.78 is 36.2. The van der Waals surface area contributed by atoms with E-state index in [4.69, 9.17) is 8.74 Å². The lowest BCUT2D eigenvalue weighted by Gasteiger charge is -2.61. The first-order valence-electron chi connectivity index (χ1n) is 10.9. The average Bonchev–Trinajstić information content (AvgIpc) is 2.91. The van der Waals surface area contributed by atoms with Crippen LogP contribution in [0.25, 0.3) is 0 Å². The zero-order chi connectivity index (χ0) is 19.6. The van der Waals surface area contributed by atoms with E-state index in [-0.39, 0.29) is 23.0 Å². The molecule has 0 saturated heterocycles. The highest BCUT2D eigenvalue weighted by molar-refractivity contribution is 7.80. The van der Waals surface area contributed by atoms with Crippen LogP contribution in [-0.4, -0.2) is 30.3 Å². The van der Waals surface area contributed by atoms with Gasteiger partial charge in [0.05, 0.1) is 12.2 Å². The Balaban J connectivity index is 1.52. The van der Waals surface area contributed by atoms with E-state index in [0.29, 0.717) is 24.2 Å². The van der Waals surface area contributed by atoms with E-state index in [1.54, 1.807) is 0 Å². The summed E-state index contributed by atoms with van der Waals surface area (Å²) in [7, 11) is -4.36. The van der Waals surface area contributed by atoms with Gasteiger partial charge in [-0.3, -0.25) is 4.55 Å². The predicted octanol–water partition coefficient (Wildman–Crippen LogP) is 4.21. The van der Waals surface area contributed by atoms with Gasteiger partial charge in [-0.15, -0.1) is 0 Å². The molecule has 0 bridgehead atoms. The Morgan fingerprint density at radius 1 is 0.963 bits per heavy atom. The summed E-state index contributed by atoms with van der Waals surface area (Å²) in [6.07, 6.45) is 9.08. The molecular weight excluding hydrogens is 364 g/mol. The molecule has 6 heteroatoms. The SMILES string of the molecule is C[C@H](O)[C@H]1CCC2C3CC[C@H]4C[C@@H](OS(=O)(=O)O)CC[C@]4(C)C3CC[C@@]21C. The van der Waals surface area contributed by atoms with Crippen molar-refractivity contribution in [1.29, 1.82) is 0 Å². The second kappa shape index (κ2) is 6.68. The third-order valence-electron chi connectivity index (χ3n) is 9.53. The number of hydrogen-bond acceptors (Lipinski definition) is 4. The van der Waals surface area contributed by atoms with Gasteiger partial charge in [0.25, 0.3) is 0 Å². The minimum atomic E-state index is -4.36. The number of aliphatic hydroxyl groups is 1. The number of hydrogen-bond donors (Lipinski definition) is 2. The molecule has 0 aromatic rings. The molecular formula is C21H36O5S. The molecule has 156 valence electrons. The van der Waals surface area contributed by atoms with Crippen molar-refractivity contribution >= 4 is 10.4 Å².